The van der Waals surface area contributed by atoms with Crippen LogP contribution in [0.15, 0.2) is 54.6 Å². The van der Waals surface area contributed by atoms with Gasteiger partial charge in [0.25, 0.3) is 0 Å². The number of nitrogens with zero attached hydrogens (tertiary/aromatic N) is 1. The molecule has 0 N–H and O–H groups in total. The van der Waals surface area contributed by atoms with Crippen molar-refractivity contribution in [3.05, 3.63) is 65.7 Å². The van der Waals surface area contributed by atoms with E-state index in [9.17, 15) is 4.79 Å². The number of hydrogen-bond acceptors (Lipinski definition) is 3. The smallest absolute Gasteiger partial charge is 0.308 e. The molecule has 0 saturated carbocycles. The van der Waals surface area contributed by atoms with Gasteiger partial charge in [-0.05, 0) is 37.3 Å². The number of aryl methyl sites for hydroxylation is 1. The van der Waals surface area contributed by atoms with E-state index < -0.39 is 6.29 Å². The molecular formula is C37H60NO3+. The molecule has 0 heterocycles. The van der Waals surface area contributed by atoms with E-state index >= 15 is 0 Å². The fourth-order valence-corrected chi connectivity index (χ4v) is 5.49. The Morgan fingerprint density at radius 1 is 0.707 bits per heavy atom. The zero-order valence-electron chi connectivity index (χ0n) is 26.9. The summed E-state index contributed by atoms with van der Waals surface area (Å²) in [6.07, 6.45) is 19.6. The summed E-state index contributed by atoms with van der Waals surface area (Å²) in [6.45, 7) is 6.32. The van der Waals surface area contributed by atoms with Crippen molar-refractivity contribution in [3.8, 4) is 5.75 Å². The van der Waals surface area contributed by atoms with Crippen LogP contribution in [0, 0.1) is 0 Å². The molecule has 0 spiro atoms. The number of hydrogen-bond donors (Lipinski definition) is 0. The predicted molar refractivity (Wildman–Crippen MR) is 173 cm³/mol. The van der Waals surface area contributed by atoms with Crippen molar-refractivity contribution >= 4 is 5.97 Å². The van der Waals surface area contributed by atoms with Crippen LogP contribution in [0.1, 0.15) is 128 Å². The highest BCUT2D eigenvalue weighted by molar-refractivity contribution is 5.69. The summed E-state index contributed by atoms with van der Waals surface area (Å²) in [5.41, 5.74) is 2.56. The first-order chi connectivity index (χ1) is 19.9. The Morgan fingerprint density at radius 3 is 1.93 bits per heavy atom. The molecule has 0 aromatic heterocycles. The normalized spacial score (nSPS) is 12.3. The summed E-state index contributed by atoms with van der Waals surface area (Å²) in [7, 11) is 4.50. The fraction of sp³-hybridized carbons (Fsp3) is 0.649. The molecule has 230 valence electrons. The Hall–Kier alpha value is -2.33. The molecule has 4 nitrogen and oxygen atoms in total. The third kappa shape index (κ3) is 16.6. The molecule has 2 aromatic carbocycles. The number of unbranched alkanes of at least 4 members (excludes halogenated alkanes) is 12. The summed E-state index contributed by atoms with van der Waals surface area (Å²) >= 11 is 0. The van der Waals surface area contributed by atoms with E-state index in [2.05, 4.69) is 63.5 Å². The maximum Gasteiger partial charge on any atom is 0.308 e. The van der Waals surface area contributed by atoms with Crippen LogP contribution < -0.4 is 4.74 Å². The van der Waals surface area contributed by atoms with Crippen LogP contribution in [0.3, 0.4) is 0 Å². The van der Waals surface area contributed by atoms with E-state index in [4.69, 9.17) is 9.47 Å². The van der Waals surface area contributed by atoms with Gasteiger partial charge in [-0.1, -0.05) is 133 Å². The van der Waals surface area contributed by atoms with Gasteiger partial charge in [0, 0.05) is 18.4 Å². The van der Waals surface area contributed by atoms with Crippen LogP contribution in [-0.2, 0) is 22.5 Å². The lowest BCUT2D eigenvalue weighted by molar-refractivity contribution is -0.903. The maximum absolute atomic E-state index is 12.6. The van der Waals surface area contributed by atoms with Crippen LogP contribution in [0.4, 0.5) is 0 Å². The van der Waals surface area contributed by atoms with E-state index in [1.807, 2.05) is 19.1 Å². The monoisotopic (exact) mass is 566 g/mol. The lowest BCUT2D eigenvalue weighted by Gasteiger charge is -2.30. The van der Waals surface area contributed by atoms with Gasteiger partial charge in [0.15, 0.2) is 0 Å². The second-order valence-corrected chi connectivity index (χ2v) is 12.5. The zero-order valence-corrected chi connectivity index (χ0v) is 26.9. The lowest BCUT2D eigenvalue weighted by Crippen LogP contribution is -2.39. The summed E-state index contributed by atoms with van der Waals surface area (Å²) in [5.74, 6) is 0.693. The summed E-state index contributed by atoms with van der Waals surface area (Å²) < 4.78 is 12.9. The third-order valence-corrected chi connectivity index (χ3v) is 7.97. The van der Waals surface area contributed by atoms with Crippen molar-refractivity contribution in [1.82, 2.24) is 0 Å². The first-order valence-corrected chi connectivity index (χ1v) is 16.7. The van der Waals surface area contributed by atoms with Gasteiger partial charge in [-0.2, -0.15) is 0 Å². The Balaban J connectivity index is 1.62. The predicted octanol–water partition coefficient (Wildman–Crippen LogP) is 10.0. The average Bonchev–Trinajstić information content (AvgIpc) is 2.96. The van der Waals surface area contributed by atoms with Crippen LogP contribution in [0.5, 0.6) is 5.75 Å². The molecule has 0 saturated heterocycles. The molecule has 0 amide bonds. The highest BCUT2D eigenvalue weighted by Crippen LogP contribution is 2.23. The zero-order chi connectivity index (χ0) is 29.6. The second kappa shape index (κ2) is 21.4. The van der Waals surface area contributed by atoms with Gasteiger partial charge in [-0.25, -0.2) is 0 Å². The van der Waals surface area contributed by atoms with Gasteiger partial charge in [-0.15, -0.1) is 0 Å². The highest BCUT2D eigenvalue weighted by atomic mass is 16.7. The first kappa shape index (κ1) is 34.9. The number of ether oxygens (including phenoxy) is 2. The first-order valence-electron chi connectivity index (χ1n) is 16.7. The number of benzene rings is 2. The number of carbonyl (C=O) groups is 1. The summed E-state index contributed by atoms with van der Waals surface area (Å²) in [5, 5.41) is 0. The van der Waals surface area contributed by atoms with E-state index in [1.54, 1.807) is 0 Å². The summed E-state index contributed by atoms with van der Waals surface area (Å²) in [4.78, 5) is 12.6. The van der Waals surface area contributed by atoms with Crippen LogP contribution in [-0.4, -0.2) is 37.4 Å². The van der Waals surface area contributed by atoms with Crippen molar-refractivity contribution in [1.29, 1.82) is 0 Å². The van der Waals surface area contributed by atoms with Gasteiger partial charge < -0.3 is 14.0 Å². The Morgan fingerprint density at radius 2 is 1.29 bits per heavy atom. The lowest BCUT2D eigenvalue weighted by atomic mass is 10.0. The summed E-state index contributed by atoms with van der Waals surface area (Å²) in [6, 6.07) is 18.8. The van der Waals surface area contributed by atoms with E-state index in [1.165, 1.54) is 88.2 Å². The molecule has 1 atom stereocenters. The SMILES string of the molecule is CCCCCCCCCCCCCCc1ccccc1OC(CC)OC(=O)CCCC[N+](C)(C)Cc1ccccc1. The average molecular weight is 567 g/mol. The molecule has 2 aromatic rings. The number of para-hydroxylation sites is 1. The standard InChI is InChI=1S/C37H60NO3/c1-5-7-8-9-10-11-12-13-14-15-16-20-27-34-28-21-22-29-35(34)40-37(6-2)41-36(39)30-23-24-31-38(3,4)32-33-25-18-17-19-26-33/h17-19,21-22,25-26,28-29,37H,5-16,20,23-24,27,30-32H2,1-4H3/q+1. The van der Waals surface area contributed by atoms with Crippen molar-refractivity contribution < 1.29 is 18.8 Å². The second-order valence-electron chi connectivity index (χ2n) is 12.5. The molecular weight excluding hydrogens is 506 g/mol. The molecule has 2 rings (SSSR count). The van der Waals surface area contributed by atoms with Crippen molar-refractivity contribution in [3.63, 3.8) is 0 Å². The number of rotatable bonds is 24. The van der Waals surface area contributed by atoms with Crippen LogP contribution >= 0.6 is 0 Å². The molecule has 4 heteroatoms. The number of carbonyl (C=O) groups excluding carboxylic acids is 1. The topological polar surface area (TPSA) is 35.5 Å². The largest absolute Gasteiger partial charge is 0.455 e. The van der Waals surface area contributed by atoms with Gasteiger partial charge in [0.05, 0.1) is 20.6 Å². The van der Waals surface area contributed by atoms with Gasteiger partial charge in [0.2, 0.25) is 6.29 Å². The molecule has 0 aliphatic carbocycles. The van der Waals surface area contributed by atoms with Crippen LogP contribution in [0.2, 0.25) is 0 Å². The number of quaternary nitrogens is 1. The number of esters is 1. The minimum atomic E-state index is -0.532. The Kier molecular flexibility index (Phi) is 18.2. The minimum Gasteiger partial charge on any atom is -0.455 e. The quantitative estimate of drug-likeness (QED) is 0.0549. The third-order valence-electron chi connectivity index (χ3n) is 7.97. The van der Waals surface area contributed by atoms with Crippen molar-refractivity contribution in [2.75, 3.05) is 20.6 Å². The minimum absolute atomic E-state index is 0.163. The Labute approximate surface area is 252 Å². The molecule has 0 aliphatic rings. The molecule has 1 unspecified atom stereocenters. The van der Waals surface area contributed by atoms with Crippen molar-refractivity contribution in [2.24, 2.45) is 0 Å². The molecule has 0 bridgehead atoms. The Bertz CT molecular complexity index is 927. The van der Waals surface area contributed by atoms with Crippen LogP contribution in [0.25, 0.3) is 0 Å². The molecule has 0 radical (unpaired) electrons. The maximum atomic E-state index is 12.6. The molecule has 0 aliphatic heterocycles. The van der Waals surface area contributed by atoms with Crippen molar-refractivity contribution in [2.45, 2.75) is 136 Å². The van der Waals surface area contributed by atoms with Gasteiger partial charge in [0.1, 0.15) is 12.3 Å². The molecule has 41 heavy (non-hydrogen) atoms. The van der Waals surface area contributed by atoms with E-state index in [0.717, 1.165) is 42.6 Å². The van der Waals surface area contributed by atoms with Gasteiger partial charge in [-0.3, -0.25) is 4.79 Å². The van der Waals surface area contributed by atoms with E-state index in [0.29, 0.717) is 12.8 Å². The van der Waals surface area contributed by atoms with E-state index in [-0.39, 0.29) is 5.97 Å². The fourth-order valence-electron chi connectivity index (χ4n) is 5.49. The van der Waals surface area contributed by atoms with Gasteiger partial charge >= 0.3 is 5.97 Å². The highest BCUT2D eigenvalue weighted by Gasteiger charge is 2.18. The molecule has 0 fully saturated rings.